The topological polar surface area (TPSA) is 46.3 Å². The van der Waals surface area contributed by atoms with Crippen molar-refractivity contribution >= 4 is 11.8 Å². The van der Waals surface area contributed by atoms with Crippen LogP contribution in [0.3, 0.4) is 0 Å². The molecule has 1 N–H and O–H groups in total. The van der Waals surface area contributed by atoms with Crippen LogP contribution in [0, 0.1) is 25.7 Å². The van der Waals surface area contributed by atoms with Gasteiger partial charge < -0.3 is 9.52 Å². The lowest BCUT2D eigenvalue weighted by molar-refractivity contribution is 0.350. The minimum Gasteiger partial charge on any atom is -0.437 e. The van der Waals surface area contributed by atoms with Crippen LogP contribution in [0.1, 0.15) is 22.6 Å². The van der Waals surface area contributed by atoms with E-state index in [2.05, 4.69) is 16.8 Å². The predicted octanol–water partition coefficient (Wildman–Crippen LogP) is 2.93. The van der Waals surface area contributed by atoms with Crippen LogP contribution in [0.4, 0.5) is 0 Å². The third-order valence-electron chi connectivity index (χ3n) is 2.61. The van der Waals surface area contributed by atoms with E-state index in [9.17, 15) is 0 Å². The van der Waals surface area contributed by atoms with Gasteiger partial charge in [-0.3, -0.25) is 0 Å². The molecule has 0 fully saturated rings. The molecule has 0 saturated carbocycles. The Labute approximate surface area is 117 Å². The van der Waals surface area contributed by atoms with E-state index in [1.165, 1.54) is 0 Å². The average Bonchev–Trinajstić information content (AvgIpc) is 2.74. The molecule has 0 unspecified atom stereocenters. The second kappa shape index (κ2) is 6.46. The van der Waals surface area contributed by atoms with Crippen LogP contribution >= 0.6 is 11.8 Å². The van der Waals surface area contributed by atoms with Crippen molar-refractivity contribution in [3.63, 3.8) is 0 Å². The van der Waals surface area contributed by atoms with Gasteiger partial charge in [-0.05, 0) is 31.5 Å². The standard InChI is InChI=1S/C15H15NO2S/c1-11-12(2)18-15(16-11)19-10-14-6-3-5-13(9-14)7-4-8-17/h3,5-6,9,17H,8,10H2,1-2H3. The van der Waals surface area contributed by atoms with Crippen molar-refractivity contribution in [1.29, 1.82) is 0 Å². The lowest BCUT2D eigenvalue weighted by Gasteiger charge is -1.99. The fourth-order valence-corrected chi connectivity index (χ4v) is 2.39. The van der Waals surface area contributed by atoms with Crippen LogP contribution in [0.15, 0.2) is 33.9 Å². The highest BCUT2D eigenvalue weighted by atomic mass is 32.2. The number of aryl methyl sites for hydroxylation is 2. The summed E-state index contributed by atoms with van der Waals surface area (Å²) in [7, 11) is 0. The highest BCUT2D eigenvalue weighted by molar-refractivity contribution is 7.98. The Balaban J connectivity index is 2.03. The Kier molecular flexibility index (Phi) is 4.67. The maximum atomic E-state index is 8.68. The van der Waals surface area contributed by atoms with Crippen LogP contribution in [0.5, 0.6) is 0 Å². The van der Waals surface area contributed by atoms with Gasteiger partial charge in [0.05, 0.1) is 5.69 Å². The second-order valence-corrected chi connectivity index (χ2v) is 5.00. The molecule has 1 aromatic heterocycles. The molecule has 3 nitrogen and oxygen atoms in total. The normalized spacial score (nSPS) is 10.1. The van der Waals surface area contributed by atoms with Crippen molar-refractivity contribution in [3.05, 3.63) is 46.8 Å². The summed E-state index contributed by atoms with van der Waals surface area (Å²) >= 11 is 1.57. The predicted molar refractivity (Wildman–Crippen MR) is 75.9 cm³/mol. The van der Waals surface area contributed by atoms with Crippen LogP contribution in [0.2, 0.25) is 0 Å². The summed E-state index contributed by atoms with van der Waals surface area (Å²) in [6.45, 7) is 3.74. The Hall–Kier alpha value is -1.70. The number of thioether (sulfide) groups is 1. The van der Waals surface area contributed by atoms with E-state index in [4.69, 9.17) is 9.52 Å². The fraction of sp³-hybridized carbons (Fsp3) is 0.267. The molecular weight excluding hydrogens is 258 g/mol. The Bertz CT molecular complexity index is 603. The van der Waals surface area contributed by atoms with Gasteiger partial charge in [0.1, 0.15) is 12.4 Å². The summed E-state index contributed by atoms with van der Waals surface area (Å²) in [5.74, 6) is 7.19. The van der Waals surface area contributed by atoms with Gasteiger partial charge in [0, 0.05) is 11.3 Å². The first-order chi connectivity index (χ1) is 9.19. The lowest BCUT2D eigenvalue weighted by atomic mass is 10.1. The zero-order valence-electron chi connectivity index (χ0n) is 10.9. The lowest BCUT2D eigenvalue weighted by Crippen LogP contribution is -1.83. The fourth-order valence-electron chi connectivity index (χ4n) is 1.53. The van der Waals surface area contributed by atoms with E-state index in [-0.39, 0.29) is 6.61 Å². The molecule has 98 valence electrons. The summed E-state index contributed by atoms with van der Waals surface area (Å²) in [6, 6.07) is 7.94. The zero-order valence-corrected chi connectivity index (χ0v) is 11.8. The first kappa shape index (κ1) is 13.7. The van der Waals surface area contributed by atoms with E-state index in [1.54, 1.807) is 11.8 Å². The third-order valence-corrected chi connectivity index (χ3v) is 3.51. The molecule has 0 aliphatic carbocycles. The van der Waals surface area contributed by atoms with Crippen LogP contribution in [-0.4, -0.2) is 16.7 Å². The quantitative estimate of drug-likeness (QED) is 0.690. The number of aliphatic hydroxyl groups is 1. The first-order valence-electron chi connectivity index (χ1n) is 5.94. The molecule has 0 bridgehead atoms. The van der Waals surface area contributed by atoms with Crippen molar-refractivity contribution in [2.75, 3.05) is 6.61 Å². The zero-order chi connectivity index (χ0) is 13.7. The van der Waals surface area contributed by atoms with E-state index >= 15 is 0 Å². The number of nitrogens with zero attached hydrogens (tertiary/aromatic N) is 1. The smallest absolute Gasteiger partial charge is 0.256 e. The van der Waals surface area contributed by atoms with Gasteiger partial charge in [0.15, 0.2) is 0 Å². The molecule has 0 aliphatic heterocycles. The number of rotatable bonds is 3. The minimum absolute atomic E-state index is 0.117. The third kappa shape index (κ3) is 3.88. The Morgan fingerprint density at radius 1 is 1.37 bits per heavy atom. The van der Waals surface area contributed by atoms with Crippen molar-refractivity contribution in [3.8, 4) is 11.8 Å². The Morgan fingerprint density at radius 2 is 2.21 bits per heavy atom. The summed E-state index contributed by atoms with van der Waals surface area (Å²) in [4.78, 5) is 4.33. The number of hydrogen-bond acceptors (Lipinski definition) is 4. The molecule has 4 heteroatoms. The van der Waals surface area contributed by atoms with Crippen LogP contribution in [-0.2, 0) is 5.75 Å². The van der Waals surface area contributed by atoms with Crippen molar-refractivity contribution in [1.82, 2.24) is 4.98 Å². The molecule has 1 heterocycles. The van der Waals surface area contributed by atoms with Crippen molar-refractivity contribution in [2.24, 2.45) is 0 Å². The number of oxazole rings is 1. The molecule has 2 aromatic rings. The van der Waals surface area contributed by atoms with Crippen molar-refractivity contribution < 1.29 is 9.52 Å². The second-order valence-electron chi connectivity index (χ2n) is 4.07. The molecule has 19 heavy (non-hydrogen) atoms. The van der Waals surface area contributed by atoms with Gasteiger partial charge in [-0.15, -0.1) is 0 Å². The first-order valence-corrected chi connectivity index (χ1v) is 6.93. The highest BCUT2D eigenvalue weighted by Gasteiger charge is 2.06. The molecule has 0 saturated heterocycles. The molecule has 0 amide bonds. The molecule has 0 aliphatic rings. The van der Waals surface area contributed by atoms with Gasteiger partial charge >= 0.3 is 0 Å². The van der Waals surface area contributed by atoms with Gasteiger partial charge in [0.25, 0.3) is 5.22 Å². The minimum atomic E-state index is -0.117. The van der Waals surface area contributed by atoms with Crippen LogP contribution < -0.4 is 0 Å². The summed E-state index contributed by atoms with van der Waals surface area (Å²) in [5, 5.41) is 9.37. The van der Waals surface area contributed by atoms with Crippen LogP contribution in [0.25, 0.3) is 0 Å². The molecule has 0 spiro atoms. The van der Waals surface area contributed by atoms with E-state index in [0.29, 0.717) is 5.22 Å². The van der Waals surface area contributed by atoms with Gasteiger partial charge in [-0.1, -0.05) is 35.7 Å². The maximum absolute atomic E-state index is 8.68. The van der Waals surface area contributed by atoms with Gasteiger partial charge in [-0.2, -0.15) is 0 Å². The molecule has 0 radical (unpaired) electrons. The van der Waals surface area contributed by atoms with Gasteiger partial charge in [0.2, 0.25) is 0 Å². The molecule has 2 rings (SSSR count). The van der Waals surface area contributed by atoms with Crippen molar-refractivity contribution in [2.45, 2.75) is 24.8 Å². The van der Waals surface area contributed by atoms with E-state index < -0.39 is 0 Å². The SMILES string of the molecule is Cc1nc(SCc2cccc(C#CCO)c2)oc1C. The number of hydrogen-bond donors (Lipinski definition) is 1. The number of benzene rings is 1. The summed E-state index contributed by atoms with van der Waals surface area (Å²) < 4.78 is 5.52. The van der Waals surface area contributed by atoms with Gasteiger partial charge in [-0.25, -0.2) is 4.98 Å². The monoisotopic (exact) mass is 273 g/mol. The highest BCUT2D eigenvalue weighted by Crippen LogP contribution is 2.24. The average molecular weight is 273 g/mol. The molecule has 0 atom stereocenters. The number of aromatic nitrogens is 1. The van der Waals surface area contributed by atoms with E-state index in [1.807, 2.05) is 38.1 Å². The summed E-state index contributed by atoms with van der Waals surface area (Å²) in [5.41, 5.74) is 3.00. The molecular formula is C15H15NO2S. The number of aliphatic hydroxyl groups excluding tert-OH is 1. The largest absolute Gasteiger partial charge is 0.437 e. The molecule has 1 aromatic carbocycles. The Morgan fingerprint density at radius 3 is 2.89 bits per heavy atom. The maximum Gasteiger partial charge on any atom is 0.256 e. The summed E-state index contributed by atoms with van der Waals surface area (Å²) in [6.07, 6.45) is 0. The van der Waals surface area contributed by atoms with E-state index in [0.717, 1.165) is 28.3 Å².